The van der Waals surface area contributed by atoms with Crippen LogP contribution >= 0.6 is 23.1 Å². The van der Waals surface area contributed by atoms with Gasteiger partial charge in [0, 0.05) is 17.3 Å². The molecular formula is C30H28FLiN2O4S2. The summed E-state index contributed by atoms with van der Waals surface area (Å²) in [5.74, 6) is -1.47. The number of amides is 1. The van der Waals surface area contributed by atoms with Gasteiger partial charge >= 0.3 is 18.9 Å². The number of hydrogen-bond acceptors (Lipinski definition) is 7. The van der Waals surface area contributed by atoms with Crippen LogP contribution in [0.15, 0.2) is 72.9 Å². The molecule has 1 atom stereocenters. The fourth-order valence-corrected chi connectivity index (χ4v) is 5.39. The fraction of sp³-hybridized carbons (Fsp3) is 0.233. The number of hydrogen-bond donors (Lipinski definition) is 1. The van der Waals surface area contributed by atoms with E-state index in [0.29, 0.717) is 30.1 Å². The summed E-state index contributed by atoms with van der Waals surface area (Å²) in [5.41, 5.74) is 4.66. The number of carboxylic acid groups (broad SMARTS) is 1. The number of halogens is 1. The number of carbonyl (C=O) groups is 2. The summed E-state index contributed by atoms with van der Waals surface area (Å²) < 4.78 is 19.2. The average Bonchev–Trinajstić information content (AvgIpc) is 3.40. The second kappa shape index (κ2) is 15.2. The molecule has 6 nitrogen and oxygen atoms in total. The maximum Gasteiger partial charge on any atom is 1.00 e. The number of aliphatic carboxylic acids is 1. The van der Waals surface area contributed by atoms with Crippen LogP contribution in [0.1, 0.15) is 32.8 Å². The predicted molar refractivity (Wildman–Crippen MR) is 152 cm³/mol. The van der Waals surface area contributed by atoms with Gasteiger partial charge in [-0.25, -0.2) is 9.37 Å². The number of thioether (sulfide) groups is 1. The van der Waals surface area contributed by atoms with Gasteiger partial charge < -0.3 is 20.0 Å². The smallest absolute Gasteiger partial charge is 0.548 e. The van der Waals surface area contributed by atoms with Crippen LogP contribution in [-0.2, 0) is 22.7 Å². The molecule has 0 aliphatic heterocycles. The van der Waals surface area contributed by atoms with Gasteiger partial charge in [0.15, 0.2) is 0 Å². The minimum atomic E-state index is -1.30. The standard InChI is InChI=1S/C30H29FN2O4S2.Li/c1-19-5-3-4-6-24(19)26-15-20(7-12-25(26)28(34)33-27(30(35)36)13-14-38-2)17-37-18-23-16-32-29(39-23)21-8-10-22(31)11-9-21;/h3-12,15-16,27H,13-14,17-18H2,1-2H3,(H,33,34)(H,35,36);/q;+1/p-1/t27-;/m0./s1. The van der Waals surface area contributed by atoms with Crippen molar-refractivity contribution < 1.29 is 42.7 Å². The Hall–Kier alpha value is -2.93. The maximum atomic E-state index is 13.2. The number of nitrogens with one attached hydrogen (secondary N) is 1. The van der Waals surface area contributed by atoms with E-state index in [1.54, 1.807) is 24.4 Å². The second-order valence-electron chi connectivity index (χ2n) is 8.95. The zero-order valence-corrected chi connectivity index (χ0v) is 24.2. The molecule has 3 aromatic carbocycles. The first-order valence-corrected chi connectivity index (χ1v) is 14.5. The summed E-state index contributed by atoms with van der Waals surface area (Å²) in [6, 6.07) is 18.3. The van der Waals surface area contributed by atoms with Gasteiger partial charge in [-0.05, 0) is 84.0 Å². The molecule has 0 fully saturated rings. The number of thiazole rings is 1. The third-order valence-electron chi connectivity index (χ3n) is 6.12. The van der Waals surface area contributed by atoms with Crippen LogP contribution in [0.5, 0.6) is 0 Å². The number of aromatic nitrogens is 1. The zero-order valence-electron chi connectivity index (χ0n) is 22.6. The summed E-state index contributed by atoms with van der Waals surface area (Å²) in [4.78, 5) is 30.2. The van der Waals surface area contributed by atoms with E-state index in [9.17, 15) is 19.1 Å². The number of carbonyl (C=O) groups excluding carboxylic acids is 2. The van der Waals surface area contributed by atoms with Crippen molar-refractivity contribution in [3.05, 3.63) is 100 Å². The molecule has 0 aliphatic carbocycles. The molecular weight excluding hydrogens is 542 g/mol. The molecule has 0 unspecified atom stereocenters. The van der Waals surface area contributed by atoms with E-state index >= 15 is 0 Å². The normalized spacial score (nSPS) is 11.5. The quantitative estimate of drug-likeness (QED) is 0.263. The van der Waals surface area contributed by atoms with E-state index < -0.39 is 17.9 Å². The molecule has 1 heterocycles. The van der Waals surface area contributed by atoms with E-state index in [2.05, 4.69) is 10.3 Å². The van der Waals surface area contributed by atoms with Crippen LogP contribution in [0, 0.1) is 12.7 Å². The minimum absolute atomic E-state index is 0. The summed E-state index contributed by atoms with van der Waals surface area (Å²) in [7, 11) is 0. The molecule has 4 rings (SSSR count). The molecule has 1 aromatic heterocycles. The molecule has 0 bridgehead atoms. The molecule has 202 valence electrons. The first-order chi connectivity index (χ1) is 18.9. The van der Waals surface area contributed by atoms with E-state index in [4.69, 9.17) is 4.74 Å². The Kier molecular flexibility index (Phi) is 12.0. The summed E-state index contributed by atoms with van der Waals surface area (Å²) in [5, 5.41) is 15.0. The van der Waals surface area contributed by atoms with Crippen LogP contribution in [0.2, 0.25) is 0 Å². The van der Waals surface area contributed by atoms with Gasteiger partial charge in [-0.1, -0.05) is 30.3 Å². The van der Waals surface area contributed by atoms with Crippen molar-refractivity contribution in [2.45, 2.75) is 32.6 Å². The topological polar surface area (TPSA) is 91.3 Å². The Balaban J connectivity index is 0.00000441. The first-order valence-electron chi connectivity index (χ1n) is 12.3. The van der Waals surface area contributed by atoms with Gasteiger partial charge in [0.2, 0.25) is 0 Å². The molecule has 0 saturated heterocycles. The maximum absolute atomic E-state index is 13.2. The van der Waals surface area contributed by atoms with Crippen LogP contribution in [0.4, 0.5) is 4.39 Å². The van der Waals surface area contributed by atoms with E-state index in [1.165, 1.54) is 35.2 Å². The Morgan fingerprint density at radius 2 is 1.82 bits per heavy atom. The van der Waals surface area contributed by atoms with Gasteiger partial charge in [0.25, 0.3) is 5.91 Å². The van der Waals surface area contributed by atoms with Gasteiger partial charge in [-0.15, -0.1) is 11.3 Å². The Labute approximate surface area is 253 Å². The fourth-order valence-electron chi connectivity index (χ4n) is 4.07. The molecule has 4 aromatic rings. The number of aryl methyl sites for hydroxylation is 1. The Morgan fingerprint density at radius 3 is 2.52 bits per heavy atom. The molecule has 1 N–H and O–H groups in total. The third-order valence-corrected chi connectivity index (χ3v) is 7.79. The zero-order chi connectivity index (χ0) is 27.8. The minimum Gasteiger partial charge on any atom is -0.548 e. The Bertz CT molecular complexity index is 1450. The molecule has 40 heavy (non-hydrogen) atoms. The van der Waals surface area contributed by atoms with Crippen molar-refractivity contribution in [2.75, 3.05) is 12.0 Å². The van der Waals surface area contributed by atoms with E-state index in [0.717, 1.165) is 32.1 Å². The van der Waals surface area contributed by atoms with Gasteiger partial charge in [-0.2, -0.15) is 11.8 Å². The molecule has 0 radical (unpaired) electrons. The third kappa shape index (κ3) is 8.29. The molecule has 0 aliphatic rings. The number of rotatable bonds is 12. The predicted octanol–water partition coefficient (Wildman–Crippen LogP) is 2.25. The molecule has 10 heteroatoms. The van der Waals surface area contributed by atoms with Crippen molar-refractivity contribution in [1.82, 2.24) is 10.3 Å². The van der Waals surface area contributed by atoms with Crippen molar-refractivity contribution in [3.63, 3.8) is 0 Å². The summed E-state index contributed by atoms with van der Waals surface area (Å²) in [6.07, 6.45) is 3.91. The molecule has 0 spiro atoms. The van der Waals surface area contributed by atoms with Crippen molar-refractivity contribution in [3.8, 4) is 21.7 Å². The Morgan fingerprint density at radius 1 is 1.07 bits per heavy atom. The van der Waals surface area contributed by atoms with Crippen LogP contribution in [-0.4, -0.2) is 34.9 Å². The number of carboxylic acids is 1. The summed E-state index contributed by atoms with van der Waals surface area (Å²) >= 11 is 2.99. The first kappa shape index (κ1) is 31.6. The number of ether oxygens (including phenoxy) is 1. The molecule has 0 saturated carbocycles. The summed E-state index contributed by atoms with van der Waals surface area (Å²) in [6.45, 7) is 2.62. The van der Waals surface area contributed by atoms with Gasteiger partial charge in [-0.3, -0.25) is 4.79 Å². The second-order valence-corrected chi connectivity index (χ2v) is 11.1. The number of benzene rings is 3. The van der Waals surface area contributed by atoms with Crippen LogP contribution in [0.25, 0.3) is 21.7 Å². The van der Waals surface area contributed by atoms with Crippen molar-refractivity contribution in [1.29, 1.82) is 0 Å². The van der Waals surface area contributed by atoms with E-state index in [-0.39, 0.29) is 31.1 Å². The largest absolute Gasteiger partial charge is 1.00 e. The van der Waals surface area contributed by atoms with Crippen LogP contribution < -0.4 is 29.3 Å². The average molecular weight is 571 g/mol. The molecule has 1 amide bonds. The van der Waals surface area contributed by atoms with E-state index in [1.807, 2.05) is 49.6 Å². The monoisotopic (exact) mass is 570 g/mol. The van der Waals surface area contributed by atoms with Gasteiger partial charge in [0.05, 0.1) is 30.1 Å². The van der Waals surface area contributed by atoms with Gasteiger partial charge in [0.1, 0.15) is 10.8 Å². The van der Waals surface area contributed by atoms with Crippen LogP contribution in [0.3, 0.4) is 0 Å². The number of nitrogens with zero attached hydrogens (tertiary/aromatic N) is 1. The SMILES string of the molecule is CSCC[C@H](NC(=O)c1ccc(COCc2cnc(-c3ccc(F)cc3)s2)cc1-c1ccccc1C)C(=O)[O-].[Li+]. The van der Waals surface area contributed by atoms with Crippen molar-refractivity contribution >= 4 is 35.0 Å². The van der Waals surface area contributed by atoms with Crippen molar-refractivity contribution in [2.24, 2.45) is 0 Å².